The quantitative estimate of drug-likeness (QED) is 0.877. The highest BCUT2D eigenvalue weighted by molar-refractivity contribution is 5.92. The van der Waals surface area contributed by atoms with Gasteiger partial charge in [0, 0.05) is 24.5 Å². The van der Waals surface area contributed by atoms with Crippen LogP contribution in [0.25, 0.3) is 0 Å². The van der Waals surface area contributed by atoms with E-state index < -0.39 is 0 Å². The molecule has 1 saturated heterocycles. The molecule has 2 saturated carbocycles. The van der Waals surface area contributed by atoms with Crippen LogP contribution in [0.5, 0.6) is 0 Å². The van der Waals surface area contributed by atoms with E-state index in [4.69, 9.17) is 4.42 Å². The predicted octanol–water partition coefficient (Wildman–Crippen LogP) is 2.93. The minimum atomic E-state index is -0.204. The summed E-state index contributed by atoms with van der Waals surface area (Å²) in [5.74, 6) is 0.412. The lowest BCUT2D eigenvalue weighted by atomic mass is 9.63. The third-order valence-corrected chi connectivity index (χ3v) is 6.85. The molecule has 6 nitrogen and oxygen atoms in total. The average molecular weight is 359 g/mol. The number of nitrogens with zero attached hydrogens (tertiary/aromatic N) is 2. The van der Waals surface area contributed by atoms with Crippen molar-refractivity contribution in [3.63, 3.8) is 0 Å². The first-order valence-corrected chi connectivity index (χ1v) is 10.0. The van der Waals surface area contributed by atoms with Gasteiger partial charge in [-0.25, -0.2) is 4.98 Å². The van der Waals surface area contributed by atoms with E-state index in [0.29, 0.717) is 30.3 Å². The Labute approximate surface area is 154 Å². The Hall–Kier alpha value is -1.85. The van der Waals surface area contributed by atoms with E-state index in [-0.39, 0.29) is 22.8 Å². The standard InChI is InChI=1S/C20H29N3O3/c1-3-15-16(26-13-21-15)17(24)22-14-10-19(6-5-7-19)12-23(11-14)18(25)20(4-2)8-9-20/h13-14H,3-12H2,1-2H3,(H,22,24). The lowest BCUT2D eigenvalue weighted by molar-refractivity contribution is -0.143. The maximum absolute atomic E-state index is 13.1. The Morgan fingerprint density at radius 3 is 2.65 bits per heavy atom. The smallest absolute Gasteiger partial charge is 0.289 e. The van der Waals surface area contributed by atoms with Crippen molar-refractivity contribution in [2.24, 2.45) is 10.8 Å². The van der Waals surface area contributed by atoms with Gasteiger partial charge in [-0.05, 0) is 50.4 Å². The zero-order chi connectivity index (χ0) is 18.4. The monoisotopic (exact) mass is 359 g/mol. The Balaban J connectivity index is 1.48. The summed E-state index contributed by atoms with van der Waals surface area (Å²) in [7, 11) is 0. The van der Waals surface area contributed by atoms with Gasteiger partial charge < -0.3 is 14.6 Å². The van der Waals surface area contributed by atoms with Crippen LogP contribution in [0.15, 0.2) is 10.8 Å². The Bertz CT molecular complexity index is 703. The van der Waals surface area contributed by atoms with Crippen molar-refractivity contribution < 1.29 is 14.0 Å². The van der Waals surface area contributed by atoms with E-state index in [0.717, 1.165) is 45.1 Å². The summed E-state index contributed by atoms with van der Waals surface area (Å²) in [5.41, 5.74) is 0.773. The van der Waals surface area contributed by atoms with Crippen molar-refractivity contribution in [3.8, 4) is 0 Å². The molecular weight excluding hydrogens is 330 g/mol. The first-order valence-electron chi connectivity index (χ1n) is 10.0. The summed E-state index contributed by atoms with van der Waals surface area (Å²) in [6.45, 7) is 5.55. The second kappa shape index (κ2) is 6.39. The van der Waals surface area contributed by atoms with Crippen LogP contribution >= 0.6 is 0 Å². The van der Waals surface area contributed by atoms with E-state index >= 15 is 0 Å². The highest BCUT2D eigenvalue weighted by atomic mass is 16.3. The van der Waals surface area contributed by atoms with Crippen LogP contribution in [0.2, 0.25) is 0 Å². The second-order valence-electron chi connectivity index (χ2n) is 8.53. The van der Waals surface area contributed by atoms with Crippen molar-refractivity contribution in [2.75, 3.05) is 13.1 Å². The molecule has 142 valence electrons. The molecule has 1 atom stereocenters. The summed E-state index contributed by atoms with van der Waals surface area (Å²) in [6.07, 6.45) is 9.44. The molecule has 2 amide bonds. The number of hydrogen-bond donors (Lipinski definition) is 1. The molecule has 6 heteroatoms. The molecule has 1 spiro atoms. The number of rotatable bonds is 5. The van der Waals surface area contributed by atoms with Gasteiger partial charge in [0.05, 0.1) is 5.69 Å². The number of aromatic nitrogens is 1. The van der Waals surface area contributed by atoms with E-state index in [1.54, 1.807) is 0 Å². The van der Waals surface area contributed by atoms with Gasteiger partial charge in [-0.2, -0.15) is 0 Å². The molecule has 3 fully saturated rings. The first kappa shape index (κ1) is 17.6. The molecule has 1 aliphatic heterocycles. The Morgan fingerprint density at radius 1 is 1.31 bits per heavy atom. The van der Waals surface area contributed by atoms with Gasteiger partial charge >= 0.3 is 0 Å². The number of piperidine rings is 1. The van der Waals surface area contributed by atoms with Crippen molar-refractivity contribution >= 4 is 11.8 Å². The molecular formula is C20H29N3O3. The van der Waals surface area contributed by atoms with Crippen LogP contribution in [-0.2, 0) is 11.2 Å². The third kappa shape index (κ3) is 2.93. The number of hydrogen-bond acceptors (Lipinski definition) is 4. The number of nitrogens with one attached hydrogen (secondary N) is 1. The van der Waals surface area contributed by atoms with E-state index in [1.165, 1.54) is 12.8 Å². The van der Waals surface area contributed by atoms with E-state index in [9.17, 15) is 9.59 Å². The Morgan fingerprint density at radius 2 is 2.08 bits per heavy atom. The van der Waals surface area contributed by atoms with Crippen LogP contribution in [0, 0.1) is 10.8 Å². The summed E-state index contributed by atoms with van der Waals surface area (Å²) in [5, 5.41) is 3.13. The molecule has 3 aliphatic rings. The largest absolute Gasteiger partial charge is 0.438 e. The minimum absolute atomic E-state index is 0.0111. The zero-order valence-electron chi connectivity index (χ0n) is 15.8. The Kier molecular flexibility index (Phi) is 4.32. The molecule has 1 unspecified atom stereocenters. The number of amides is 2. The summed E-state index contributed by atoms with van der Waals surface area (Å²) in [6, 6.07) is -0.0111. The maximum Gasteiger partial charge on any atom is 0.289 e. The predicted molar refractivity (Wildman–Crippen MR) is 96.6 cm³/mol. The molecule has 26 heavy (non-hydrogen) atoms. The fourth-order valence-corrected chi connectivity index (χ4v) is 4.84. The fourth-order valence-electron chi connectivity index (χ4n) is 4.84. The third-order valence-electron chi connectivity index (χ3n) is 6.85. The van der Waals surface area contributed by atoms with Crippen molar-refractivity contribution in [1.82, 2.24) is 15.2 Å². The highest BCUT2D eigenvalue weighted by Crippen LogP contribution is 2.53. The van der Waals surface area contributed by atoms with Crippen molar-refractivity contribution in [3.05, 3.63) is 17.8 Å². The number of likely N-dealkylation sites (tertiary alicyclic amines) is 1. The molecule has 0 radical (unpaired) electrons. The van der Waals surface area contributed by atoms with Crippen LogP contribution in [0.3, 0.4) is 0 Å². The van der Waals surface area contributed by atoms with Gasteiger partial charge in [0.1, 0.15) is 0 Å². The fraction of sp³-hybridized carbons (Fsp3) is 0.750. The molecule has 0 bridgehead atoms. The normalized spacial score (nSPS) is 25.6. The minimum Gasteiger partial charge on any atom is -0.438 e. The lowest BCUT2D eigenvalue weighted by Crippen LogP contribution is -2.59. The van der Waals surface area contributed by atoms with Crippen LogP contribution in [0.4, 0.5) is 0 Å². The van der Waals surface area contributed by atoms with Crippen LogP contribution in [0.1, 0.15) is 75.0 Å². The molecule has 1 aromatic heterocycles. The summed E-state index contributed by atoms with van der Waals surface area (Å²) in [4.78, 5) is 31.9. The van der Waals surface area contributed by atoms with E-state index in [1.807, 2.05) is 11.8 Å². The number of carbonyl (C=O) groups excluding carboxylic acids is 2. The second-order valence-corrected chi connectivity index (χ2v) is 8.53. The summed E-state index contributed by atoms with van der Waals surface area (Å²) < 4.78 is 5.30. The maximum atomic E-state index is 13.1. The molecule has 1 N–H and O–H groups in total. The number of oxazole rings is 1. The van der Waals surface area contributed by atoms with Gasteiger partial charge in [-0.15, -0.1) is 0 Å². The molecule has 1 aromatic rings. The molecule has 2 heterocycles. The van der Waals surface area contributed by atoms with Gasteiger partial charge in [0.2, 0.25) is 11.7 Å². The van der Waals surface area contributed by atoms with Crippen LogP contribution in [-0.4, -0.2) is 40.8 Å². The van der Waals surface area contributed by atoms with Gasteiger partial charge in [-0.3, -0.25) is 9.59 Å². The number of carbonyl (C=O) groups is 2. The average Bonchev–Trinajstić information content (AvgIpc) is 3.27. The topological polar surface area (TPSA) is 75.4 Å². The van der Waals surface area contributed by atoms with Crippen molar-refractivity contribution in [1.29, 1.82) is 0 Å². The van der Waals surface area contributed by atoms with Crippen molar-refractivity contribution in [2.45, 2.75) is 71.3 Å². The SMILES string of the molecule is CCc1ncoc1C(=O)NC1CN(C(=O)C2(CC)CC2)CC2(CCC2)C1. The lowest BCUT2D eigenvalue weighted by Gasteiger charge is -2.52. The summed E-state index contributed by atoms with van der Waals surface area (Å²) >= 11 is 0. The zero-order valence-corrected chi connectivity index (χ0v) is 15.8. The van der Waals surface area contributed by atoms with Gasteiger partial charge in [-0.1, -0.05) is 20.3 Å². The highest BCUT2D eigenvalue weighted by Gasteiger charge is 2.53. The molecule has 2 aliphatic carbocycles. The first-order chi connectivity index (χ1) is 12.5. The number of aryl methyl sites for hydroxylation is 1. The van der Waals surface area contributed by atoms with E-state index in [2.05, 4.69) is 17.2 Å². The molecule has 4 rings (SSSR count). The van der Waals surface area contributed by atoms with Gasteiger partial charge in [0.15, 0.2) is 6.39 Å². The van der Waals surface area contributed by atoms with Gasteiger partial charge in [0.25, 0.3) is 5.91 Å². The molecule has 0 aromatic carbocycles. The van der Waals surface area contributed by atoms with Crippen LogP contribution < -0.4 is 5.32 Å².